The number of halogens is 1. The molecule has 2 heteroatoms. The Bertz CT molecular complexity index is 584. The molecule has 20 heavy (non-hydrogen) atoms. The van der Waals surface area contributed by atoms with Crippen molar-refractivity contribution in [3.63, 3.8) is 0 Å². The molecule has 0 heterocycles. The first kappa shape index (κ1) is 15.3. The average molecular weight is 333 g/mol. The van der Waals surface area contributed by atoms with Gasteiger partial charge in [0.15, 0.2) is 0 Å². The van der Waals surface area contributed by atoms with E-state index in [4.69, 9.17) is 0 Å². The summed E-state index contributed by atoms with van der Waals surface area (Å²) >= 11 is 3.51. The van der Waals surface area contributed by atoms with Gasteiger partial charge >= 0.3 is 0 Å². The Morgan fingerprint density at radius 1 is 1.05 bits per heavy atom. The minimum Gasteiger partial charge on any atom is -0.384 e. The second-order valence-corrected chi connectivity index (χ2v) is 6.12. The summed E-state index contributed by atoms with van der Waals surface area (Å²) in [5.41, 5.74) is 5.61. The van der Waals surface area contributed by atoms with E-state index in [0.29, 0.717) is 0 Å². The number of rotatable bonds is 4. The zero-order chi connectivity index (χ0) is 14.7. The van der Waals surface area contributed by atoms with E-state index < -0.39 is 6.10 Å². The first-order valence-electron chi connectivity index (χ1n) is 7.12. The van der Waals surface area contributed by atoms with Crippen molar-refractivity contribution in [2.24, 2.45) is 0 Å². The van der Waals surface area contributed by atoms with Crippen LogP contribution >= 0.6 is 15.9 Å². The third kappa shape index (κ3) is 3.31. The van der Waals surface area contributed by atoms with Gasteiger partial charge in [-0.3, -0.25) is 0 Å². The van der Waals surface area contributed by atoms with Crippen molar-refractivity contribution in [2.75, 3.05) is 0 Å². The van der Waals surface area contributed by atoms with Gasteiger partial charge in [0.25, 0.3) is 0 Å². The van der Waals surface area contributed by atoms with Gasteiger partial charge in [-0.2, -0.15) is 0 Å². The minimum absolute atomic E-state index is 0.562. The highest BCUT2D eigenvalue weighted by molar-refractivity contribution is 9.10. The van der Waals surface area contributed by atoms with Crippen LogP contribution in [0.4, 0.5) is 0 Å². The Morgan fingerprint density at radius 2 is 1.80 bits per heavy atom. The van der Waals surface area contributed by atoms with Gasteiger partial charge in [-0.25, -0.2) is 0 Å². The van der Waals surface area contributed by atoms with E-state index in [-0.39, 0.29) is 0 Å². The van der Waals surface area contributed by atoms with Gasteiger partial charge in [0.2, 0.25) is 0 Å². The lowest BCUT2D eigenvalue weighted by atomic mass is 9.92. The van der Waals surface area contributed by atoms with E-state index in [9.17, 15) is 5.11 Å². The molecule has 2 rings (SSSR count). The van der Waals surface area contributed by atoms with Crippen molar-refractivity contribution < 1.29 is 5.11 Å². The SMILES string of the molecule is CCc1ccc(CC)c(C(O)c2cc(C)cc(Br)c2)c1. The van der Waals surface area contributed by atoms with E-state index in [0.717, 1.165) is 34.0 Å². The quantitative estimate of drug-likeness (QED) is 0.838. The van der Waals surface area contributed by atoms with Crippen molar-refractivity contribution in [2.45, 2.75) is 39.7 Å². The number of aryl methyl sites for hydroxylation is 3. The molecule has 0 aromatic heterocycles. The molecule has 0 bridgehead atoms. The minimum atomic E-state index is -0.562. The van der Waals surface area contributed by atoms with Crippen LogP contribution in [0, 0.1) is 6.92 Å². The van der Waals surface area contributed by atoms with Crippen LogP contribution in [-0.4, -0.2) is 5.11 Å². The summed E-state index contributed by atoms with van der Waals surface area (Å²) in [4.78, 5) is 0. The molecule has 2 aromatic carbocycles. The molecule has 1 N–H and O–H groups in total. The molecule has 1 nitrogen and oxygen atoms in total. The average Bonchev–Trinajstić information content (AvgIpc) is 2.44. The molecule has 1 unspecified atom stereocenters. The molecule has 0 radical (unpaired) electrons. The maximum Gasteiger partial charge on any atom is 0.104 e. The lowest BCUT2D eigenvalue weighted by molar-refractivity contribution is 0.219. The van der Waals surface area contributed by atoms with Crippen LogP contribution in [0.25, 0.3) is 0 Å². The number of hydrogen-bond acceptors (Lipinski definition) is 1. The molecular formula is C18H21BrO. The van der Waals surface area contributed by atoms with E-state index in [2.05, 4.69) is 54.0 Å². The summed E-state index contributed by atoms with van der Waals surface area (Å²) < 4.78 is 1.01. The Kier molecular flexibility index (Phi) is 5.00. The number of aliphatic hydroxyl groups is 1. The third-order valence-electron chi connectivity index (χ3n) is 3.67. The fourth-order valence-corrected chi connectivity index (χ4v) is 3.17. The van der Waals surface area contributed by atoms with E-state index in [1.165, 1.54) is 11.1 Å². The second kappa shape index (κ2) is 6.55. The molecule has 0 amide bonds. The van der Waals surface area contributed by atoms with Crippen molar-refractivity contribution >= 4 is 15.9 Å². The topological polar surface area (TPSA) is 20.2 Å². The molecule has 0 saturated carbocycles. The van der Waals surface area contributed by atoms with Gasteiger partial charge in [0.1, 0.15) is 6.10 Å². The first-order valence-corrected chi connectivity index (χ1v) is 7.91. The Morgan fingerprint density at radius 3 is 2.40 bits per heavy atom. The molecule has 0 fully saturated rings. The van der Waals surface area contributed by atoms with Crippen LogP contribution in [0.2, 0.25) is 0 Å². The number of benzene rings is 2. The molecule has 2 aromatic rings. The van der Waals surface area contributed by atoms with Crippen LogP contribution in [0.3, 0.4) is 0 Å². The van der Waals surface area contributed by atoms with E-state index in [1.54, 1.807) is 0 Å². The lowest BCUT2D eigenvalue weighted by Crippen LogP contribution is -2.05. The largest absolute Gasteiger partial charge is 0.384 e. The summed E-state index contributed by atoms with van der Waals surface area (Å²) in [6, 6.07) is 12.5. The Labute approximate surface area is 129 Å². The molecule has 0 aliphatic rings. The van der Waals surface area contributed by atoms with Crippen molar-refractivity contribution in [1.82, 2.24) is 0 Å². The lowest BCUT2D eigenvalue weighted by Gasteiger charge is -2.17. The van der Waals surface area contributed by atoms with Crippen molar-refractivity contribution in [3.05, 3.63) is 68.7 Å². The molecule has 0 aliphatic heterocycles. The zero-order valence-corrected chi connectivity index (χ0v) is 13.9. The highest BCUT2D eigenvalue weighted by atomic mass is 79.9. The van der Waals surface area contributed by atoms with Crippen molar-refractivity contribution in [1.29, 1.82) is 0 Å². The highest BCUT2D eigenvalue weighted by Gasteiger charge is 2.15. The molecular weight excluding hydrogens is 312 g/mol. The summed E-state index contributed by atoms with van der Waals surface area (Å²) in [5, 5.41) is 10.8. The molecule has 1 atom stereocenters. The summed E-state index contributed by atoms with van der Waals surface area (Å²) in [7, 11) is 0. The molecule has 0 saturated heterocycles. The molecule has 0 spiro atoms. The zero-order valence-electron chi connectivity index (χ0n) is 12.3. The Balaban J connectivity index is 2.48. The second-order valence-electron chi connectivity index (χ2n) is 5.20. The number of hydrogen-bond donors (Lipinski definition) is 1. The van der Waals surface area contributed by atoms with Gasteiger partial charge in [0, 0.05) is 4.47 Å². The number of aliphatic hydroxyl groups excluding tert-OH is 1. The standard InChI is InChI=1S/C18H21BrO/c1-4-13-6-7-14(5-2)17(10-13)18(20)15-8-12(3)9-16(19)11-15/h6-11,18,20H,4-5H2,1-3H3. The van der Waals surface area contributed by atoms with Crippen molar-refractivity contribution in [3.8, 4) is 0 Å². The van der Waals surface area contributed by atoms with Gasteiger partial charge in [-0.1, -0.05) is 54.0 Å². The molecule has 106 valence electrons. The fraction of sp³-hybridized carbons (Fsp3) is 0.333. The predicted octanol–water partition coefficient (Wildman–Crippen LogP) is 4.96. The van der Waals surface area contributed by atoms with E-state index >= 15 is 0 Å². The maximum atomic E-state index is 10.8. The van der Waals surface area contributed by atoms with Crippen LogP contribution in [0.15, 0.2) is 40.9 Å². The summed E-state index contributed by atoms with van der Waals surface area (Å²) in [5.74, 6) is 0. The predicted molar refractivity (Wildman–Crippen MR) is 88.1 cm³/mol. The highest BCUT2D eigenvalue weighted by Crippen LogP contribution is 2.29. The Hall–Kier alpha value is -1.12. The summed E-state index contributed by atoms with van der Waals surface area (Å²) in [6.07, 6.45) is 1.36. The van der Waals surface area contributed by atoms with Gasteiger partial charge in [-0.05, 0) is 59.7 Å². The van der Waals surface area contributed by atoms with Gasteiger partial charge in [-0.15, -0.1) is 0 Å². The third-order valence-corrected chi connectivity index (χ3v) is 4.13. The smallest absolute Gasteiger partial charge is 0.104 e. The normalized spacial score (nSPS) is 12.4. The van der Waals surface area contributed by atoms with Crippen LogP contribution in [0.1, 0.15) is 47.8 Å². The monoisotopic (exact) mass is 332 g/mol. The van der Waals surface area contributed by atoms with Gasteiger partial charge < -0.3 is 5.11 Å². The summed E-state index contributed by atoms with van der Waals surface area (Å²) in [6.45, 7) is 6.31. The van der Waals surface area contributed by atoms with Crippen LogP contribution in [-0.2, 0) is 12.8 Å². The van der Waals surface area contributed by atoms with Crippen LogP contribution in [0.5, 0.6) is 0 Å². The fourth-order valence-electron chi connectivity index (χ4n) is 2.54. The van der Waals surface area contributed by atoms with Crippen LogP contribution < -0.4 is 0 Å². The maximum absolute atomic E-state index is 10.8. The molecule has 0 aliphatic carbocycles. The first-order chi connectivity index (χ1) is 9.55. The van der Waals surface area contributed by atoms with E-state index in [1.807, 2.05) is 19.1 Å². The van der Waals surface area contributed by atoms with Gasteiger partial charge in [0.05, 0.1) is 0 Å².